The van der Waals surface area contributed by atoms with Gasteiger partial charge in [0.15, 0.2) is 0 Å². The van der Waals surface area contributed by atoms with E-state index in [1.807, 2.05) is 0 Å². The van der Waals surface area contributed by atoms with Gasteiger partial charge in [0.25, 0.3) is 0 Å². The summed E-state index contributed by atoms with van der Waals surface area (Å²) >= 11 is 0. The largest absolute Gasteiger partial charge is 0.341 e. The predicted octanol–water partition coefficient (Wildman–Crippen LogP) is 2.58. The highest BCUT2D eigenvalue weighted by Gasteiger charge is 2.39. The summed E-state index contributed by atoms with van der Waals surface area (Å²) in [5.41, 5.74) is 5.85. The van der Waals surface area contributed by atoms with Crippen molar-refractivity contribution < 1.29 is 4.79 Å². The number of halogens is 2. The lowest BCUT2D eigenvalue weighted by molar-refractivity contribution is -0.139. The highest BCUT2D eigenvalue weighted by Crippen LogP contribution is 2.29. The summed E-state index contributed by atoms with van der Waals surface area (Å²) in [7, 11) is 0. The molecular formula is C16H31Cl2N3O. The van der Waals surface area contributed by atoms with E-state index in [4.69, 9.17) is 5.73 Å². The van der Waals surface area contributed by atoms with Crippen LogP contribution in [0.1, 0.15) is 57.8 Å². The summed E-state index contributed by atoms with van der Waals surface area (Å²) in [6, 6.07) is 0.710. The number of carbonyl (C=O) groups excluding carboxylic acids is 1. The third kappa shape index (κ3) is 4.28. The SMILES string of the molecule is Cl.Cl.NC1(C(=O)N2CCC(N3CCCC3)CC2)CCCCC1. The first-order valence-electron chi connectivity index (χ1n) is 8.51. The number of likely N-dealkylation sites (tertiary alicyclic amines) is 2. The zero-order chi connectivity index (χ0) is 14.0. The second kappa shape index (κ2) is 8.72. The molecular weight excluding hydrogens is 321 g/mol. The summed E-state index contributed by atoms with van der Waals surface area (Å²) < 4.78 is 0. The molecule has 2 N–H and O–H groups in total. The minimum absolute atomic E-state index is 0. The van der Waals surface area contributed by atoms with Crippen LogP contribution in [0.25, 0.3) is 0 Å². The molecule has 6 heteroatoms. The summed E-state index contributed by atoms with van der Waals surface area (Å²) in [5.74, 6) is 0.233. The molecule has 130 valence electrons. The number of rotatable bonds is 2. The fraction of sp³-hybridized carbons (Fsp3) is 0.938. The molecule has 2 heterocycles. The van der Waals surface area contributed by atoms with E-state index >= 15 is 0 Å². The van der Waals surface area contributed by atoms with Crippen LogP contribution in [0, 0.1) is 0 Å². The van der Waals surface area contributed by atoms with E-state index in [0.717, 1.165) is 51.6 Å². The summed E-state index contributed by atoms with van der Waals surface area (Å²) in [4.78, 5) is 17.4. The second-order valence-electron chi connectivity index (χ2n) is 6.98. The minimum atomic E-state index is -0.543. The first-order valence-corrected chi connectivity index (χ1v) is 8.51. The Balaban J connectivity index is 0.00000121. The van der Waals surface area contributed by atoms with E-state index in [1.165, 1.54) is 32.4 Å². The molecule has 0 atom stereocenters. The number of nitrogens with zero attached hydrogens (tertiary/aromatic N) is 2. The Bertz CT molecular complexity index is 347. The Morgan fingerprint density at radius 3 is 1.95 bits per heavy atom. The van der Waals surface area contributed by atoms with Gasteiger partial charge in [-0.15, -0.1) is 24.8 Å². The molecule has 0 aromatic rings. The van der Waals surface area contributed by atoms with Gasteiger partial charge in [0, 0.05) is 19.1 Å². The maximum atomic E-state index is 12.7. The van der Waals surface area contributed by atoms with Gasteiger partial charge >= 0.3 is 0 Å². The van der Waals surface area contributed by atoms with E-state index in [2.05, 4.69) is 9.80 Å². The molecule has 2 aliphatic heterocycles. The van der Waals surface area contributed by atoms with Gasteiger partial charge in [-0.3, -0.25) is 4.79 Å². The van der Waals surface area contributed by atoms with Gasteiger partial charge in [-0.2, -0.15) is 0 Å². The molecule has 0 aromatic heterocycles. The van der Waals surface area contributed by atoms with Crippen LogP contribution in [0.15, 0.2) is 0 Å². The molecule has 3 fully saturated rings. The van der Waals surface area contributed by atoms with Crippen LogP contribution < -0.4 is 5.73 Å². The van der Waals surface area contributed by atoms with E-state index in [9.17, 15) is 4.79 Å². The molecule has 22 heavy (non-hydrogen) atoms. The van der Waals surface area contributed by atoms with Crippen molar-refractivity contribution in [3.8, 4) is 0 Å². The highest BCUT2D eigenvalue weighted by molar-refractivity contribution is 5.86. The van der Waals surface area contributed by atoms with Crippen LogP contribution in [-0.4, -0.2) is 53.5 Å². The monoisotopic (exact) mass is 351 g/mol. The van der Waals surface area contributed by atoms with E-state index < -0.39 is 5.54 Å². The van der Waals surface area contributed by atoms with E-state index in [-0.39, 0.29) is 30.7 Å². The molecule has 0 bridgehead atoms. The Morgan fingerprint density at radius 2 is 1.41 bits per heavy atom. The molecule has 3 aliphatic rings. The molecule has 0 radical (unpaired) electrons. The smallest absolute Gasteiger partial charge is 0.242 e. The molecule has 0 unspecified atom stereocenters. The molecule has 1 aliphatic carbocycles. The molecule has 0 spiro atoms. The molecule has 0 aromatic carbocycles. The fourth-order valence-corrected chi connectivity index (χ4v) is 4.25. The molecule has 1 saturated carbocycles. The molecule has 4 nitrogen and oxygen atoms in total. The van der Waals surface area contributed by atoms with Crippen molar-refractivity contribution in [1.82, 2.24) is 9.80 Å². The number of nitrogens with two attached hydrogens (primary N) is 1. The minimum Gasteiger partial charge on any atom is -0.341 e. The second-order valence-corrected chi connectivity index (χ2v) is 6.98. The van der Waals surface area contributed by atoms with Crippen LogP contribution in [0.3, 0.4) is 0 Å². The third-order valence-corrected chi connectivity index (χ3v) is 5.58. The van der Waals surface area contributed by atoms with Gasteiger partial charge in [0.1, 0.15) is 0 Å². The highest BCUT2D eigenvalue weighted by atomic mass is 35.5. The Labute approximate surface area is 147 Å². The van der Waals surface area contributed by atoms with Gasteiger partial charge < -0.3 is 15.5 Å². The molecule has 2 saturated heterocycles. The van der Waals surface area contributed by atoms with Crippen molar-refractivity contribution in [3.63, 3.8) is 0 Å². The number of piperidine rings is 1. The van der Waals surface area contributed by atoms with Crippen molar-refractivity contribution in [2.24, 2.45) is 5.73 Å². The fourth-order valence-electron chi connectivity index (χ4n) is 4.25. The average molecular weight is 352 g/mol. The van der Waals surface area contributed by atoms with Crippen molar-refractivity contribution in [2.45, 2.75) is 69.4 Å². The lowest BCUT2D eigenvalue weighted by atomic mass is 9.81. The molecule has 1 amide bonds. The lowest BCUT2D eigenvalue weighted by Gasteiger charge is -2.41. The Morgan fingerprint density at radius 1 is 0.864 bits per heavy atom. The van der Waals surface area contributed by atoms with Crippen molar-refractivity contribution in [3.05, 3.63) is 0 Å². The van der Waals surface area contributed by atoms with Crippen molar-refractivity contribution in [1.29, 1.82) is 0 Å². The first kappa shape index (κ1) is 20.0. The van der Waals surface area contributed by atoms with E-state index in [1.54, 1.807) is 0 Å². The number of hydrogen-bond acceptors (Lipinski definition) is 3. The van der Waals surface area contributed by atoms with Gasteiger partial charge in [-0.25, -0.2) is 0 Å². The maximum Gasteiger partial charge on any atom is 0.242 e. The standard InChI is InChI=1S/C16H29N3O.2ClH/c17-16(8-2-1-3-9-16)15(20)19-12-6-14(7-13-19)18-10-4-5-11-18;;/h14H,1-13,17H2;2*1H. The first-order chi connectivity index (χ1) is 9.69. The zero-order valence-electron chi connectivity index (χ0n) is 13.5. The Kier molecular flexibility index (Phi) is 7.93. The number of amides is 1. The average Bonchev–Trinajstić information content (AvgIpc) is 3.02. The normalized spacial score (nSPS) is 26.1. The van der Waals surface area contributed by atoms with Crippen LogP contribution >= 0.6 is 24.8 Å². The summed E-state index contributed by atoms with van der Waals surface area (Å²) in [6.45, 7) is 4.36. The predicted molar refractivity (Wildman–Crippen MR) is 94.9 cm³/mol. The van der Waals surface area contributed by atoms with Gasteiger partial charge in [-0.05, 0) is 51.6 Å². The van der Waals surface area contributed by atoms with Gasteiger partial charge in [-0.1, -0.05) is 19.3 Å². The van der Waals surface area contributed by atoms with Crippen LogP contribution in [0.4, 0.5) is 0 Å². The molecule has 3 rings (SSSR count). The van der Waals surface area contributed by atoms with Crippen molar-refractivity contribution in [2.75, 3.05) is 26.2 Å². The van der Waals surface area contributed by atoms with E-state index in [0.29, 0.717) is 6.04 Å². The third-order valence-electron chi connectivity index (χ3n) is 5.58. The maximum absolute atomic E-state index is 12.7. The van der Waals surface area contributed by atoms with Crippen molar-refractivity contribution >= 4 is 30.7 Å². The van der Waals surface area contributed by atoms with Crippen LogP contribution in [-0.2, 0) is 4.79 Å². The Hall–Kier alpha value is -0.0300. The summed E-state index contributed by atoms with van der Waals surface area (Å²) in [5, 5.41) is 0. The lowest BCUT2D eigenvalue weighted by Crippen LogP contribution is -2.58. The topological polar surface area (TPSA) is 49.6 Å². The van der Waals surface area contributed by atoms with Crippen LogP contribution in [0.5, 0.6) is 0 Å². The quantitative estimate of drug-likeness (QED) is 0.831. The number of hydrogen-bond donors (Lipinski definition) is 1. The van der Waals surface area contributed by atoms with Crippen LogP contribution in [0.2, 0.25) is 0 Å². The number of carbonyl (C=O) groups is 1. The van der Waals surface area contributed by atoms with Gasteiger partial charge in [0.2, 0.25) is 5.91 Å². The van der Waals surface area contributed by atoms with Gasteiger partial charge in [0.05, 0.1) is 5.54 Å². The summed E-state index contributed by atoms with van der Waals surface area (Å²) in [6.07, 6.45) is 10.2. The zero-order valence-corrected chi connectivity index (χ0v) is 15.1.